The van der Waals surface area contributed by atoms with Gasteiger partial charge in [-0.1, -0.05) is 18.2 Å². The largest absolute Gasteiger partial charge is 0.507 e. The fourth-order valence-corrected chi connectivity index (χ4v) is 2.08. The number of halogens is 3. The van der Waals surface area contributed by atoms with Crippen LogP contribution in [0.25, 0.3) is 21.8 Å². The summed E-state index contributed by atoms with van der Waals surface area (Å²) in [7, 11) is 0. The summed E-state index contributed by atoms with van der Waals surface area (Å²) >= 11 is 0. The number of fused-ring (bicyclic) bond motifs is 2. The first kappa shape index (κ1) is 11.8. The first-order valence-corrected chi connectivity index (χ1v) is 5.55. The van der Waals surface area contributed by atoms with Crippen molar-refractivity contribution >= 4 is 21.8 Å². The number of aromatic nitrogens is 1. The molecule has 0 aliphatic rings. The molecule has 0 unspecified atom stereocenters. The van der Waals surface area contributed by atoms with Gasteiger partial charge in [0.2, 0.25) is 0 Å². The number of pyridine rings is 1. The molecule has 0 amide bonds. The van der Waals surface area contributed by atoms with Crippen LogP contribution < -0.4 is 0 Å². The van der Waals surface area contributed by atoms with Gasteiger partial charge in [0.1, 0.15) is 5.75 Å². The van der Waals surface area contributed by atoms with Crippen molar-refractivity contribution in [2.75, 3.05) is 0 Å². The van der Waals surface area contributed by atoms with Crippen LogP contribution in [0, 0.1) is 0 Å². The lowest BCUT2D eigenvalue weighted by molar-refractivity contribution is -0.136. The molecule has 1 aromatic heterocycles. The maximum atomic E-state index is 12.9. The van der Waals surface area contributed by atoms with Gasteiger partial charge in [-0.25, -0.2) is 4.98 Å². The summed E-state index contributed by atoms with van der Waals surface area (Å²) in [6.45, 7) is 0. The van der Waals surface area contributed by atoms with Crippen molar-refractivity contribution in [3.8, 4) is 5.75 Å². The molecule has 1 N–H and O–H groups in total. The normalized spacial score (nSPS) is 12.2. The lowest BCUT2D eigenvalue weighted by Gasteiger charge is -2.11. The molecule has 0 fully saturated rings. The maximum absolute atomic E-state index is 12.9. The number of nitrogens with zero attached hydrogens (tertiary/aromatic N) is 1. The molecular weight excluding hydrogens is 255 g/mol. The molecule has 0 atom stereocenters. The molecule has 0 aliphatic heterocycles. The van der Waals surface area contributed by atoms with E-state index in [1.165, 1.54) is 6.07 Å². The van der Waals surface area contributed by atoms with E-state index in [1.54, 1.807) is 24.3 Å². The Morgan fingerprint density at radius 2 is 1.74 bits per heavy atom. The van der Waals surface area contributed by atoms with Crippen LogP contribution in [-0.2, 0) is 6.18 Å². The van der Waals surface area contributed by atoms with Gasteiger partial charge >= 0.3 is 6.18 Å². The highest BCUT2D eigenvalue weighted by Crippen LogP contribution is 2.38. The Morgan fingerprint density at radius 3 is 2.47 bits per heavy atom. The minimum absolute atomic E-state index is 0.105. The van der Waals surface area contributed by atoms with Gasteiger partial charge in [-0.05, 0) is 24.3 Å². The van der Waals surface area contributed by atoms with Crippen molar-refractivity contribution in [1.82, 2.24) is 4.98 Å². The Labute approximate surface area is 106 Å². The van der Waals surface area contributed by atoms with E-state index in [4.69, 9.17) is 0 Å². The third-order valence-electron chi connectivity index (χ3n) is 2.97. The average Bonchev–Trinajstić information content (AvgIpc) is 2.36. The van der Waals surface area contributed by atoms with Crippen LogP contribution in [0.15, 0.2) is 42.5 Å². The van der Waals surface area contributed by atoms with E-state index in [0.29, 0.717) is 10.9 Å². The summed E-state index contributed by atoms with van der Waals surface area (Å²) in [4.78, 5) is 4.02. The summed E-state index contributed by atoms with van der Waals surface area (Å²) in [5.41, 5.74) is -0.608. The Bertz CT molecular complexity index is 781. The number of phenols is 1. The second kappa shape index (κ2) is 3.85. The Balaban J connectivity index is 2.48. The van der Waals surface area contributed by atoms with Crippen LogP contribution >= 0.6 is 0 Å². The first-order valence-electron chi connectivity index (χ1n) is 5.55. The highest BCUT2D eigenvalue weighted by Gasteiger charge is 2.33. The van der Waals surface area contributed by atoms with Crippen LogP contribution in [0.4, 0.5) is 13.2 Å². The summed E-state index contributed by atoms with van der Waals surface area (Å²) in [6, 6.07) is 10.3. The Hall–Kier alpha value is -2.30. The summed E-state index contributed by atoms with van der Waals surface area (Å²) in [5, 5.41) is 10.5. The second-order valence-corrected chi connectivity index (χ2v) is 4.21. The van der Waals surface area contributed by atoms with E-state index < -0.39 is 11.7 Å². The van der Waals surface area contributed by atoms with E-state index in [1.807, 2.05) is 0 Å². The number of rotatable bonds is 0. The standard InChI is InChI=1S/C14H8F3NO/c15-14(16,17)10-5-6-12(19)9-7-8-3-1-2-4-11(8)18-13(9)10/h1-7,19H. The molecule has 1 heterocycles. The molecule has 3 aromatic rings. The quantitative estimate of drug-likeness (QED) is 0.619. The SMILES string of the molecule is Oc1ccc(C(F)(F)F)c2nc3ccccc3cc12. The third-order valence-corrected chi connectivity index (χ3v) is 2.97. The van der Waals surface area contributed by atoms with Gasteiger partial charge in [-0.3, -0.25) is 0 Å². The van der Waals surface area contributed by atoms with Gasteiger partial charge in [-0.15, -0.1) is 0 Å². The van der Waals surface area contributed by atoms with E-state index in [9.17, 15) is 18.3 Å². The zero-order valence-electron chi connectivity index (χ0n) is 9.57. The smallest absolute Gasteiger partial charge is 0.418 e. The van der Waals surface area contributed by atoms with Crippen molar-refractivity contribution in [1.29, 1.82) is 0 Å². The number of alkyl halides is 3. The van der Waals surface area contributed by atoms with E-state index in [-0.39, 0.29) is 16.7 Å². The minimum atomic E-state index is -4.50. The number of aromatic hydroxyl groups is 1. The van der Waals surface area contributed by atoms with E-state index in [2.05, 4.69) is 4.98 Å². The third kappa shape index (κ3) is 1.87. The number of para-hydroxylation sites is 1. The van der Waals surface area contributed by atoms with Crippen LogP contribution in [0.1, 0.15) is 5.56 Å². The van der Waals surface area contributed by atoms with Gasteiger partial charge in [0.15, 0.2) is 0 Å². The molecule has 96 valence electrons. The lowest BCUT2D eigenvalue weighted by atomic mass is 10.1. The van der Waals surface area contributed by atoms with Gasteiger partial charge in [0.25, 0.3) is 0 Å². The molecule has 0 radical (unpaired) electrons. The fourth-order valence-electron chi connectivity index (χ4n) is 2.08. The molecule has 19 heavy (non-hydrogen) atoms. The Morgan fingerprint density at radius 1 is 1.00 bits per heavy atom. The van der Waals surface area contributed by atoms with E-state index in [0.717, 1.165) is 12.1 Å². The zero-order chi connectivity index (χ0) is 13.6. The van der Waals surface area contributed by atoms with Gasteiger partial charge in [0.05, 0.1) is 16.6 Å². The molecule has 0 spiro atoms. The van der Waals surface area contributed by atoms with Crippen LogP contribution in [0.2, 0.25) is 0 Å². The molecule has 0 aliphatic carbocycles. The van der Waals surface area contributed by atoms with Crippen LogP contribution in [0.5, 0.6) is 5.75 Å². The Kier molecular flexibility index (Phi) is 2.38. The van der Waals surface area contributed by atoms with Gasteiger partial charge in [0, 0.05) is 10.8 Å². The first-order chi connectivity index (χ1) is 8.97. The molecular formula is C14H8F3NO. The summed E-state index contributed by atoms with van der Waals surface area (Å²) in [6.07, 6.45) is -4.50. The molecule has 2 nitrogen and oxygen atoms in total. The molecule has 0 bridgehead atoms. The fraction of sp³-hybridized carbons (Fsp3) is 0.0714. The van der Waals surface area contributed by atoms with Crippen molar-refractivity contribution in [3.63, 3.8) is 0 Å². The monoisotopic (exact) mass is 263 g/mol. The highest BCUT2D eigenvalue weighted by molar-refractivity contribution is 5.97. The molecule has 3 rings (SSSR count). The summed E-state index contributed by atoms with van der Waals surface area (Å²) in [5.74, 6) is -0.207. The zero-order valence-corrected chi connectivity index (χ0v) is 9.57. The van der Waals surface area contributed by atoms with Crippen molar-refractivity contribution in [2.24, 2.45) is 0 Å². The molecule has 5 heteroatoms. The number of hydrogen-bond acceptors (Lipinski definition) is 2. The number of hydrogen-bond donors (Lipinski definition) is 1. The molecule has 0 saturated heterocycles. The number of benzene rings is 2. The minimum Gasteiger partial charge on any atom is -0.507 e. The molecule has 2 aromatic carbocycles. The van der Waals surface area contributed by atoms with Gasteiger partial charge < -0.3 is 5.11 Å². The predicted octanol–water partition coefficient (Wildman–Crippen LogP) is 4.11. The van der Waals surface area contributed by atoms with Crippen molar-refractivity contribution in [3.05, 3.63) is 48.0 Å². The highest BCUT2D eigenvalue weighted by atomic mass is 19.4. The van der Waals surface area contributed by atoms with Crippen molar-refractivity contribution < 1.29 is 18.3 Å². The van der Waals surface area contributed by atoms with Crippen molar-refractivity contribution in [2.45, 2.75) is 6.18 Å². The van der Waals surface area contributed by atoms with E-state index >= 15 is 0 Å². The lowest BCUT2D eigenvalue weighted by Crippen LogP contribution is -2.06. The topological polar surface area (TPSA) is 33.1 Å². The maximum Gasteiger partial charge on any atom is 0.418 e. The number of phenolic OH excluding ortho intramolecular Hbond substituents is 1. The molecule has 0 saturated carbocycles. The van der Waals surface area contributed by atoms with Gasteiger partial charge in [-0.2, -0.15) is 13.2 Å². The summed E-state index contributed by atoms with van der Waals surface area (Å²) < 4.78 is 38.8. The predicted molar refractivity (Wildman–Crippen MR) is 65.9 cm³/mol. The van der Waals surface area contributed by atoms with Crippen LogP contribution in [0.3, 0.4) is 0 Å². The second-order valence-electron chi connectivity index (χ2n) is 4.21. The van der Waals surface area contributed by atoms with Crippen LogP contribution in [-0.4, -0.2) is 10.1 Å². The average molecular weight is 263 g/mol.